The molecule has 0 aromatic heterocycles. The van der Waals surface area contributed by atoms with Crippen LogP contribution in [0.15, 0.2) is 0 Å². The molecular formula is C39H65N7O13. The lowest BCUT2D eigenvalue weighted by atomic mass is 9.98. The van der Waals surface area contributed by atoms with E-state index in [9.17, 15) is 58.2 Å². The first-order chi connectivity index (χ1) is 27.3. The number of aliphatic carboxylic acids is 2. The van der Waals surface area contributed by atoms with Gasteiger partial charge >= 0.3 is 17.9 Å². The number of amides is 7. The van der Waals surface area contributed by atoms with Crippen LogP contribution in [0.4, 0.5) is 0 Å². The van der Waals surface area contributed by atoms with Crippen LogP contribution in [-0.4, -0.2) is 118 Å². The second-order valence-electron chi connectivity index (χ2n) is 16.7. The van der Waals surface area contributed by atoms with Gasteiger partial charge in [-0.15, -0.1) is 0 Å². The smallest absolute Gasteiger partial charge is 0.325 e. The molecule has 8 unspecified atom stereocenters. The molecule has 0 saturated carbocycles. The number of rotatable bonds is 15. The minimum atomic E-state index is -1.72. The predicted octanol–water partition coefficient (Wildman–Crippen LogP) is -0.131. The highest BCUT2D eigenvalue weighted by Crippen LogP contribution is 2.14. The molecule has 334 valence electrons. The van der Waals surface area contributed by atoms with Crippen LogP contribution in [0.25, 0.3) is 0 Å². The number of hydrogen-bond acceptors (Lipinski definition) is 11. The Bertz CT molecular complexity index is 1530. The summed E-state index contributed by atoms with van der Waals surface area (Å²) in [6.45, 7) is 16.5. The number of carbonyl (C=O) groups excluding carboxylic acids is 8. The Hall–Kier alpha value is -5.30. The lowest BCUT2D eigenvalue weighted by Crippen LogP contribution is -2.61. The molecule has 1 aliphatic heterocycles. The third kappa shape index (κ3) is 19.3. The average Bonchev–Trinajstić information content (AvgIpc) is 3.09. The fourth-order valence-electron chi connectivity index (χ4n) is 6.09. The van der Waals surface area contributed by atoms with Crippen molar-refractivity contribution >= 4 is 59.3 Å². The van der Waals surface area contributed by atoms with E-state index in [1.165, 1.54) is 13.8 Å². The van der Waals surface area contributed by atoms with E-state index >= 15 is 0 Å². The normalized spacial score (nSPS) is 24.2. The van der Waals surface area contributed by atoms with Crippen molar-refractivity contribution in [2.45, 2.75) is 163 Å². The maximum atomic E-state index is 13.9. The predicted molar refractivity (Wildman–Crippen MR) is 212 cm³/mol. The van der Waals surface area contributed by atoms with E-state index in [0.717, 1.165) is 0 Å². The molecule has 20 nitrogen and oxygen atoms in total. The van der Waals surface area contributed by atoms with E-state index in [2.05, 4.69) is 37.2 Å². The zero-order chi connectivity index (χ0) is 45.3. The lowest BCUT2D eigenvalue weighted by molar-refractivity contribution is -0.152. The van der Waals surface area contributed by atoms with Crippen LogP contribution in [0.3, 0.4) is 0 Å². The number of nitrogens with one attached hydrogen (secondary N) is 7. The van der Waals surface area contributed by atoms with Crippen LogP contribution in [0.5, 0.6) is 0 Å². The van der Waals surface area contributed by atoms with Crippen LogP contribution < -0.4 is 37.2 Å². The van der Waals surface area contributed by atoms with E-state index in [4.69, 9.17) is 4.74 Å². The molecule has 1 aliphatic rings. The van der Waals surface area contributed by atoms with Gasteiger partial charge in [0.15, 0.2) is 0 Å². The topological polar surface area (TPSA) is 305 Å². The Labute approximate surface area is 345 Å². The first-order valence-electron chi connectivity index (χ1n) is 20.1. The maximum absolute atomic E-state index is 13.9. The SMILES string of the molecule is CC(C)CC(NC(=O)C1CC(=O)OC(C)CC(=O)NC(CCC(=O)O)C(=O)NC(CC(C)C)C(=O)NC(CC(C)C)C(=O)NC(C(C)C)C(=O)N1)C(=O)NC(C)C(=O)O. The van der Waals surface area contributed by atoms with Gasteiger partial charge in [0, 0.05) is 6.42 Å². The number of ether oxygens (including phenoxy) is 1. The van der Waals surface area contributed by atoms with Gasteiger partial charge in [0.1, 0.15) is 48.4 Å². The Morgan fingerprint density at radius 3 is 1.68 bits per heavy atom. The van der Waals surface area contributed by atoms with Crippen molar-refractivity contribution < 1.29 is 62.9 Å². The summed E-state index contributed by atoms with van der Waals surface area (Å²) in [4.78, 5) is 131. The third-order valence-corrected chi connectivity index (χ3v) is 9.10. The van der Waals surface area contributed by atoms with Crippen LogP contribution in [0, 0.1) is 23.7 Å². The monoisotopic (exact) mass is 839 g/mol. The summed E-state index contributed by atoms with van der Waals surface area (Å²) in [5.74, 6) is -10.7. The molecule has 0 aromatic rings. The highest BCUT2D eigenvalue weighted by atomic mass is 16.5. The maximum Gasteiger partial charge on any atom is 0.325 e. The molecule has 7 amide bonds. The minimum Gasteiger partial charge on any atom is -0.481 e. The Kier molecular flexibility index (Phi) is 21.5. The molecule has 1 fully saturated rings. The van der Waals surface area contributed by atoms with E-state index in [1.54, 1.807) is 55.4 Å². The summed E-state index contributed by atoms with van der Waals surface area (Å²) in [6, 6.07) is -9.53. The summed E-state index contributed by atoms with van der Waals surface area (Å²) in [5.41, 5.74) is 0. The third-order valence-electron chi connectivity index (χ3n) is 9.10. The van der Waals surface area contributed by atoms with E-state index in [-0.39, 0.29) is 43.4 Å². The van der Waals surface area contributed by atoms with Gasteiger partial charge in [-0.05, 0) is 63.2 Å². The number of hydrogen-bond donors (Lipinski definition) is 9. The summed E-state index contributed by atoms with van der Waals surface area (Å²) >= 11 is 0. The number of carboxylic acid groups (broad SMARTS) is 2. The second-order valence-corrected chi connectivity index (χ2v) is 16.7. The highest BCUT2D eigenvalue weighted by Gasteiger charge is 2.36. The number of cyclic esters (lactones) is 1. The minimum absolute atomic E-state index is 0.0400. The molecule has 59 heavy (non-hydrogen) atoms. The van der Waals surface area contributed by atoms with Crippen LogP contribution in [0.2, 0.25) is 0 Å². The molecule has 0 bridgehead atoms. The zero-order valence-corrected chi connectivity index (χ0v) is 35.8. The fourth-order valence-corrected chi connectivity index (χ4v) is 6.09. The largest absolute Gasteiger partial charge is 0.481 e. The van der Waals surface area contributed by atoms with Gasteiger partial charge in [-0.2, -0.15) is 0 Å². The molecule has 8 atom stereocenters. The van der Waals surface area contributed by atoms with E-state index in [0.29, 0.717) is 0 Å². The summed E-state index contributed by atoms with van der Waals surface area (Å²) in [5, 5.41) is 36.2. The van der Waals surface area contributed by atoms with Gasteiger partial charge in [0.2, 0.25) is 41.4 Å². The van der Waals surface area contributed by atoms with Crippen LogP contribution >= 0.6 is 0 Å². The highest BCUT2D eigenvalue weighted by molar-refractivity contribution is 5.98. The van der Waals surface area contributed by atoms with Gasteiger partial charge in [-0.25, -0.2) is 0 Å². The van der Waals surface area contributed by atoms with Gasteiger partial charge in [-0.1, -0.05) is 55.4 Å². The molecule has 0 aromatic carbocycles. The molecule has 1 saturated heterocycles. The molecule has 1 heterocycles. The Balaban J connectivity index is 3.77. The van der Waals surface area contributed by atoms with E-state index < -0.39 is 133 Å². The molecule has 0 radical (unpaired) electrons. The van der Waals surface area contributed by atoms with Crippen molar-refractivity contribution in [2.75, 3.05) is 0 Å². The van der Waals surface area contributed by atoms with Crippen molar-refractivity contribution in [2.24, 2.45) is 23.7 Å². The van der Waals surface area contributed by atoms with Gasteiger partial charge in [-0.3, -0.25) is 47.9 Å². The molecule has 0 aliphatic carbocycles. The first kappa shape index (κ1) is 51.7. The van der Waals surface area contributed by atoms with Crippen LogP contribution in [-0.2, 0) is 52.7 Å². The Morgan fingerprint density at radius 1 is 0.678 bits per heavy atom. The number of esters is 1. The molecule has 9 N–H and O–H groups in total. The summed E-state index contributed by atoms with van der Waals surface area (Å²) in [7, 11) is 0. The van der Waals surface area contributed by atoms with Crippen LogP contribution in [0.1, 0.15) is 114 Å². The zero-order valence-electron chi connectivity index (χ0n) is 35.8. The van der Waals surface area contributed by atoms with Crippen molar-refractivity contribution in [3.8, 4) is 0 Å². The van der Waals surface area contributed by atoms with E-state index in [1.807, 2.05) is 0 Å². The number of carboxylic acids is 2. The summed E-state index contributed by atoms with van der Waals surface area (Å²) in [6.07, 6.45) is -3.16. The average molecular weight is 840 g/mol. The lowest BCUT2D eigenvalue weighted by Gasteiger charge is -2.30. The fraction of sp³-hybridized carbons (Fsp3) is 0.744. The standard InChI is InChI=1S/C39H65N7O13/c1-18(2)13-25(34(52)40-23(10)39(57)58)43-36(54)28-17-31(50)59-22(9)16-29(47)41-24(11-12-30(48)49)33(51)42-26(14-19(3)4)35(53)44-27(15-20(5)6)37(55)46-32(21(7)8)38(56)45-28/h18-28,32H,11-17H2,1-10H3,(H,40,52)(H,41,47)(H,42,51)(H,43,54)(H,44,53)(H,45,56)(H,46,55)(H,48,49)(H,57,58). The molecule has 20 heteroatoms. The van der Waals surface area contributed by atoms with Crippen molar-refractivity contribution in [1.29, 1.82) is 0 Å². The molecule has 0 spiro atoms. The Morgan fingerprint density at radius 2 is 1.20 bits per heavy atom. The summed E-state index contributed by atoms with van der Waals surface area (Å²) < 4.78 is 5.40. The van der Waals surface area contributed by atoms with Gasteiger partial charge in [0.25, 0.3) is 0 Å². The molecular weight excluding hydrogens is 774 g/mol. The quantitative estimate of drug-likeness (QED) is 0.0973. The van der Waals surface area contributed by atoms with Crippen molar-refractivity contribution in [1.82, 2.24) is 37.2 Å². The first-order valence-corrected chi connectivity index (χ1v) is 20.1. The van der Waals surface area contributed by atoms with Gasteiger partial charge < -0.3 is 52.2 Å². The molecule has 1 rings (SSSR count). The van der Waals surface area contributed by atoms with Crippen molar-refractivity contribution in [3.05, 3.63) is 0 Å². The second kappa shape index (κ2) is 24.6. The number of carbonyl (C=O) groups is 10. The van der Waals surface area contributed by atoms with Gasteiger partial charge in [0.05, 0.1) is 12.8 Å². The van der Waals surface area contributed by atoms with Crippen molar-refractivity contribution in [3.63, 3.8) is 0 Å².